The summed E-state index contributed by atoms with van der Waals surface area (Å²) < 4.78 is 4.49. The van der Waals surface area contributed by atoms with Crippen LogP contribution in [0.4, 0.5) is 0 Å². The molecule has 0 fully saturated rings. The van der Waals surface area contributed by atoms with Gasteiger partial charge in [0.2, 0.25) is 0 Å². The average molecular weight is 171 g/mol. The first-order chi connectivity index (χ1) is 5.34. The van der Waals surface area contributed by atoms with Crippen LogP contribution < -0.4 is 5.90 Å². The molecule has 60 valence electrons. The first kappa shape index (κ1) is 8.55. The zero-order valence-electron chi connectivity index (χ0n) is 6.11. The van der Waals surface area contributed by atoms with E-state index >= 15 is 0 Å². The smallest absolute Gasteiger partial charge is 0.0705 e. The molecule has 0 spiro atoms. The fourth-order valence-corrected chi connectivity index (χ4v) is 1.15. The maximum atomic E-state index is 4.68. The summed E-state index contributed by atoms with van der Waals surface area (Å²) in [6.07, 6.45) is 0. The van der Waals surface area contributed by atoms with Crippen LogP contribution in [0.25, 0.3) is 0 Å². The highest BCUT2D eigenvalue weighted by Gasteiger charge is 1.97. The molecule has 3 nitrogen and oxygen atoms in total. The molecule has 0 amide bonds. The Balaban J connectivity index is 2.62. The molecule has 11 heavy (non-hydrogen) atoms. The van der Waals surface area contributed by atoms with Crippen molar-refractivity contribution in [2.45, 2.75) is 11.8 Å². The minimum absolute atomic E-state index is 0.998. The average Bonchev–Trinajstić information content (AvgIpc) is 2.03. The second-order valence-electron chi connectivity index (χ2n) is 2.01. The van der Waals surface area contributed by atoms with Crippen molar-refractivity contribution in [3.63, 3.8) is 0 Å². The van der Waals surface area contributed by atoms with Gasteiger partial charge in [0.25, 0.3) is 0 Å². The molecule has 1 aromatic carbocycles. The molecular formula is C7H9NO2S. The van der Waals surface area contributed by atoms with Gasteiger partial charge in [0.15, 0.2) is 0 Å². The van der Waals surface area contributed by atoms with E-state index in [-0.39, 0.29) is 0 Å². The second-order valence-corrected chi connectivity index (χ2v) is 2.76. The van der Waals surface area contributed by atoms with E-state index in [0.29, 0.717) is 0 Å². The zero-order chi connectivity index (χ0) is 8.10. The Morgan fingerprint density at radius 2 is 2.09 bits per heavy atom. The van der Waals surface area contributed by atoms with Crippen molar-refractivity contribution in [1.29, 1.82) is 0 Å². The Kier molecular flexibility index (Phi) is 3.38. The van der Waals surface area contributed by atoms with Gasteiger partial charge in [-0.25, -0.2) is 0 Å². The van der Waals surface area contributed by atoms with E-state index in [1.54, 1.807) is 0 Å². The number of rotatable bonds is 3. The van der Waals surface area contributed by atoms with Crippen LogP contribution in [-0.4, -0.2) is 0 Å². The second kappa shape index (κ2) is 4.35. The number of hydrogen-bond donors (Lipinski definition) is 1. The quantitative estimate of drug-likeness (QED) is 0.428. The van der Waals surface area contributed by atoms with Crippen LogP contribution in [0.2, 0.25) is 0 Å². The number of hydrogen-bond acceptors (Lipinski definition) is 4. The van der Waals surface area contributed by atoms with Crippen LogP contribution in [0.3, 0.4) is 0 Å². The molecule has 0 atom stereocenters. The van der Waals surface area contributed by atoms with Crippen molar-refractivity contribution >= 4 is 12.0 Å². The Labute approximate surface area is 69.6 Å². The topological polar surface area (TPSA) is 44.5 Å². The van der Waals surface area contributed by atoms with Gasteiger partial charge in [-0.2, -0.15) is 5.90 Å². The lowest BCUT2D eigenvalue weighted by molar-refractivity contribution is -0.195. The van der Waals surface area contributed by atoms with E-state index in [0.717, 1.165) is 22.5 Å². The predicted octanol–water partition coefficient (Wildman–Crippen LogP) is 1.82. The van der Waals surface area contributed by atoms with E-state index in [9.17, 15) is 0 Å². The Hall–Kier alpha value is -0.550. The SMILES string of the molecule is Cc1ccccc1SOON. The van der Waals surface area contributed by atoms with Gasteiger partial charge in [0.05, 0.1) is 12.0 Å². The summed E-state index contributed by atoms with van der Waals surface area (Å²) in [6.45, 7) is 1.99. The lowest BCUT2D eigenvalue weighted by Gasteiger charge is -2.00. The Morgan fingerprint density at radius 3 is 2.73 bits per heavy atom. The highest BCUT2D eigenvalue weighted by molar-refractivity contribution is 7.94. The van der Waals surface area contributed by atoms with Gasteiger partial charge in [0.1, 0.15) is 0 Å². The van der Waals surface area contributed by atoms with Crippen LogP contribution in [-0.2, 0) is 9.32 Å². The molecule has 4 heteroatoms. The summed E-state index contributed by atoms with van der Waals surface area (Å²) in [6, 6.07) is 7.80. The fourth-order valence-electron chi connectivity index (χ4n) is 0.706. The van der Waals surface area contributed by atoms with Crippen molar-refractivity contribution in [3.8, 4) is 0 Å². The zero-order valence-corrected chi connectivity index (χ0v) is 6.93. The molecule has 2 N–H and O–H groups in total. The standard InChI is InChI=1S/C7H9NO2S/c1-6-4-2-3-5-7(6)11-10-9-8/h2-5H,8H2,1H3. The van der Waals surface area contributed by atoms with Gasteiger partial charge in [-0.15, -0.1) is 9.32 Å². The Morgan fingerprint density at radius 1 is 1.36 bits per heavy atom. The molecule has 0 radical (unpaired) electrons. The lowest BCUT2D eigenvalue weighted by Crippen LogP contribution is -1.94. The van der Waals surface area contributed by atoms with Crippen molar-refractivity contribution in [2.75, 3.05) is 0 Å². The summed E-state index contributed by atoms with van der Waals surface area (Å²) in [4.78, 5) is 4.96. The third kappa shape index (κ3) is 2.51. The van der Waals surface area contributed by atoms with Gasteiger partial charge in [-0.05, 0) is 18.6 Å². The van der Waals surface area contributed by atoms with Gasteiger partial charge >= 0.3 is 0 Å². The molecule has 1 aromatic rings. The van der Waals surface area contributed by atoms with E-state index < -0.39 is 0 Å². The summed E-state index contributed by atoms with van der Waals surface area (Å²) in [5, 5.41) is 0. The van der Waals surface area contributed by atoms with Crippen molar-refractivity contribution in [2.24, 2.45) is 5.90 Å². The van der Waals surface area contributed by atoms with Crippen LogP contribution in [0.5, 0.6) is 0 Å². The van der Waals surface area contributed by atoms with Gasteiger partial charge < -0.3 is 0 Å². The maximum absolute atomic E-state index is 4.68. The molecule has 0 bridgehead atoms. The first-order valence-electron chi connectivity index (χ1n) is 3.10. The minimum Gasteiger partial charge on any atom is -0.182 e. The minimum atomic E-state index is 0.998. The maximum Gasteiger partial charge on any atom is 0.0705 e. The van der Waals surface area contributed by atoms with E-state index in [4.69, 9.17) is 0 Å². The highest BCUT2D eigenvalue weighted by atomic mass is 32.2. The third-order valence-electron chi connectivity index (χ3n) is 1.26. The predicted molar refractivity (Wildman–Crippen MR) is 43.4 cm³/mol. The molecule has 0 aliphatic heterocycles. The molecule has 1 rings (SSSR count). The normalized spacial score (nSPS) is 10.0. The van der Waals surface area contributed by atoms with Crippen LogP contribution in [0.15, 0.2) is 29.2 Å². The first-order valence-corrected chi connectivity index (χ1v) is 3.84. The molecule has 0 heterocycles. The van der Waals surface area contributed by atoms with Gasteiger partial charge in [0, 0.05) is 4.90 Å². The summed E-state index contributed by atoms with van der Waals surface area (Å²) >= 11 is 1.10. The van der Waals surface area contributed by atoms with Gasteiger partial charge in [-0.3, -0.25) is 0 Å². The van der Waals surface area contributed by atoms with E-state index in [2.05, 4.69) is 15.2 Å². The largest absolute Gasteiger partial charge is 0.182 e. The van der Waals surface area contributed by atoms with Gasteiger partial charge in [-0.1, -0.05) is 18.2 Å². The monoisotopic (exact) mass is 171 g/mol. The molecule has 0 aliphatic carbocycles. The number of benzene rings is 1. The molecule has 0 aliphatic rings. The molecule has 0 saturated heterocycles. The summed E-state index contributed by atoms with van der Waals surface area (Å²) in [5.41, 5.74) is 1.13. The summed E-state index contributed by atoms with van der Waals surface area (Å²) in [7, 11) is 0. The lowest BCUT2D eigenvalue weighted by atomic mass is 10.2. The molecule has 0 saturated carbocycles. The van der Waals surface area contributed by atoms with E-state index in [1.807, 2.05) is 31.2 Å². The van der Waals surface area contributed by atoms with Crippen molar-refractivity contribution < 1.29 is 9.32 Å². The fraction of sp³-hybridized carbons (Fsp3) is 0.143. The van der Waals surface area contributed by atoms with E-state index in [1.165, 1.54) is 0 Å². The molecule has 0 aromatic heterocycles. The van der Waals surface area contributed by atoms with Crippen LogP contribution >= 0.6 is 12.0 Å². The molecule has 0 unspecified atom stereocenters. The summed E-state index contributed by atoms with van der Waals surface area (Å²) in [5.74, 6) is 4.68. The Bertz CT molecular complexity index is 229. The third-order valence-corrected chi connectivity index (χ3v) is 2.04. The van der Waals surface area contributed by atoms with Crippen LogP contribution in [0, 0.1) is 6.92 Å². The van der Waals surface area contributed by atoms with Crippen molar-refractivity contribution in [3.05, 3.63) is 29.8 Å². The van der Waals surface area contributed by atoms with Crippen LogP contribution in [0.1, 0.15) is 5.56 Å². The number of aryl methyl sites for hydroxylation is 1. The number of nitrogens with two attached hydrogens (primary N) is 1. The highest BCUT2D eigenvalue weighted by Crippen LogP contribution is 2.21. The van der Waals surface area contributed by atoms with Crippen molar-refractivity contribution in [1.82, 2.24) is 0 Å². The molecular weight excluding hydrogens is 162 g/mol.